The van der Waals surface area contributed by atoms with Crippen molar-refractivity contribution in [1.29, 1.82) is 5.26 Å². The van der Waals surface area contributed by atoms with Crippen molar-refractivity contribution in [2.45, 2.75) is 20.8 Å². The fourth-order valence-electron chi connectivity index (χ4n) is 2.59. The first-order valence-corrected chi connectivity index (χ1v) is 8.13. The Morgan fingerprint density at radius 3 is 2.41 bits per heavy atom. The molecule has 0 radical (unpaired) electrons. The second kappa shape index (κ2) is 5.82. The van der Waals surface area contributed by atoms with E-state index in [1.165, 1.54) is 32.0 Å². The molecule has 1 aromatic carbocycles. The van der Waals surface area contributed by atoms with Crippen molar-refractivity contribution in [3.05, 3.63) is 63.6 Å². The van der Waals surface area contributed by atoms with E-state index in [2.05, 4.69) is 56.4 Å². The lowest BCUT2D eigenvalue weighted by molar-refractivity contribution is 0.970. The Morgan fingerprint density at radius 2 is 1.73 bits per heavy atom. The van der Waals surface area contributed by atoms with Gasteiger partial charge in [-0.15, -0.1) is 11.3 Å². The second-order valence-electron chi connectivity index (χ2n) is 5.65. The Kier molecular flexibility index (Phi) is 3.87. The summed E-state index contributed by atoms with van der Waals surface area (Å²) in [6.45, 7) is 7.09. The number of aryl methyl sites for hydroxylation is 3. The highest BCUT2D eigenvalue weighted by Gasteiger charge is 2.12. The van der Waals surface area contributed by atoms with Crippen LogP contribution < -0.4 is 5.32 Å². The van der Waals surface area contributed by atoms with Gasteiger partial charge in [0.1, 0.15) is 0 Å². The molecule has 2 heterocycles. The molecule has 1 aliphatic heterocycles. The highest BCUT2D eigenvalue weighted by atomic mass is 32.1. The van der Waals surface area contributed by atoms with Crippen LogP contribution in [0.3, 0.4) is 0 Å². The number of nitrogens with one attached hydrogen (secondary N) is 1. The van der Waals surface area contributed by atoms with Crippen molar-refractivity contribution in [1.82, 2.24) is 5.32 Å². The molecular weight excluding hydrogens is 288 g/mol. The van der Waals surface area contributed by atoms with Crippen molar-refractivity contribution in [2.75, 3.05) is 6.54 Å². The standard InChI is InChI=1S/C19H18N2S/c1-12-8-14(3)16(9-13(12)2)18-6-7-19(22-18)17-5-4-15(10-20)11-21-17/h4-9,21H,11H2,1-3H3. The van der Waals surface area contributed by atoms with Gasteiger partial charge in [-0.2, -0.15) is 5.26 Å². The summed E-state index contributed by atoms with van der Waals surface area (Å²) in [6, 6.07) is 11.0. The lowest BCUT2D eigenvalue weighted by atomic mass is 10.00. The maximum absolute atomic E-state index is 8.89. The van der Waals surface area contributed by atoms with Crippen LogP contribution in [-0.4, -0.2) is 6.54 Å². The van der Waals surface area contributed by atoms with Gasteiger partial charge in [-0.1, -0.05) is 12.1 Å². The van der Waals surface area contributed by atoms with Gasteiger partial charge in [0.25, 0.3) is 0 Å². The van der Waals surface area contributed by atoms with Gasteiger partial charge in [-0.3, -0.25) is 0 Å². The van der Waals surface area contributed by atoms with Crippen LogP contribution in [0.5, 0.6) is 0 Å². The normalized spacial score (nSPS) is 13.9. The fourth-order valence-corrected chi connectivity index (χ4v) is 3.68. The van der Waals surface area contributed by atoms with Gasteiger partial charge in [0.05, 0.1) is 23.2 Å². The number of allylic oxidation sites excluding steroid dienone is 2. The molecule has 22 heavy (non-hydrogen) atoms. The molecule has 2 nitrogen and oxygen atoms in total. The Balaban J connectivity index is 1.96. The van der Waals surface area contributed by atoms with Gasteiger partial charge >= 0.3 is 0 Å². The third-order valence-corrected chi connectivity index (χ3v) is 5.19. The first kappa shape index (κ1) is 14.6. The molecule has 0 saturated carbocycles. The summed E-state index contributed by atoms with van der Waals surface area (Å²) in [7, 11) is 0. The average Bonchev–Trinajstić information content (AvgIpc) is 3.00. The molecule has 3 rings (SSSR count). The maximum atomic E-state index is 8.89. The van der Waals surface area contributed by atoms with E-state index in [0.29, 0.717) is 6.54 Å². The predicted molar refractivity (Wildman–Crippen MR) is 93.6 cm³/mol. The molecule has 0 bridgehead atoms. The molecule has 0 amide bonds. The minimum absolute atomic E-state index is 0.609. The van der Waals surface area contributed by atoms with Crippen LogP contribution in [0.25, 0.3) is 16.1 Å². The Labute approximate surface area is 135 Å². The molecular formula is C19H18N2S. The third kappa shape index (κ3) is 2.70. The summed E-state index contributed by atoms with van der Waals surface area (Å²) >= 11 is 1.79. The van der Waals surface area contributed by atoms with Gasteiger partial charge in [0, 0.05) is 10.5 Å². The van der Waals surface area contributed by atoms with E-state index in [-0.39, 0.29) is 0 Å². The molecule has 2 aromatic rings. The molecule has 0 fully saturated rings. The van der Waals surface area contributed by atoms with Crippen molar-refractivity contribution < 1.29 is 0 Å². The van der Waals surface area contributed by atoms with Crippen LogP contribution in [0, 0.1) is 32.1 Å². The van der Waals surface area contributed by atoms with Crippen LogP contribution >= 0.6 is 11.3 Å². The first-order chi connectivity index (χ1) is 10.6. The van der Waals surface area contributed by atoms with Crippen LogP contribution in [0.2, 0.25) is 0 Å². The van der Waals surface area contributed by atoms with Crippen molar-refractivity contribution >= 4 is 17.0 Å². The number of thiophene rings is 1. The number of nitriles is 1. The number of hydrogen-bond donors (Lipinski definition) is 1. The Morgan fingerprint density at radius 1 is 1.00 bits per heavy atom. The highest BCUT2D eigenvalue weighted by Crippen LogP contribution is 2.34. The number of benzene rings is 1. The molecule has 0 aliphatic carbocycles. The zero-order valence-corrected chi connectivity index (χ0v) is 13.8. The SMILES string of the molecule is Cc1cc(C)c(-c2ccc(C3=CC=C(C#N)CN3)s2)cc1C. The van der Waals surface area contributed by atoms with E-state index < -0.39 is 0 Å². The van der Waals surface area contributed by atoms with E-state index in [1.807, 2.05) is 12.2 Å². The molecule has 0 unspecified atom stereocenters. The van der Waals surface area contributed by atoms with Crippen LogP contribution in [0.1, 0.15) is 21.6 Å². The maximum Gasteiger partial charge on any atom is 0.0966 e. The predicted octanol–water partition coefficient (Wildman–Crippen LogP) is 4.73. The molecule has 0 saturated heterocycles. The molecule has 1 aromatic heterocycles. The van der Waals surface area contributed by atoms with Gasteiger partial charge in [-0.05, 0) is 67.3 Å². The number of nitrogens with zero attached hydrogens (tertiary/aromatic N) is 1. The highest BCUT2D eigenvalue weighted by molar-refractivity contribution is 7.16. The smallest absolute Gasteiger partial charge is 0.0966 e. The fraction of sp³-hybridized carbons (Fsp3) is 0.211. The zero-order valence-electron chi connectivity index (χ0n) is 13.0. The summed E-state index contributed by atoms with van der Waals surface area (Å²) in [5.74, 6) is 0. The number of rotatable bonds is 2. The van der Waals surface area contributed by atoms with E-state index in [4.69, 9.17) is 5.26 Å². The largest absolute Gasteiger partial charge is 0.379 e. The number of dihydropyridines is 1. The molecule has 0 atom stereocenters. The van der Waals surface area contributed by atoms with E-state index >= 15 is 0 Å². The average molecular weight is 306 g/mol. The second-order valence-corrected chi connectivity index (χ2v) is 6.74. The molecule has 0 spiro atoms. The van der Waals surface area contributed by atoms with Crippen LogP contribution in [0.15, 0.2) is 42.0 Å². The van der Waals surface area contributed by atoms with Gasteiger partial charge in [0.2, 0.25) is 0 Å². The minimum Gasteiger partial charge on any atom is -0.379 e. The monoisotopic (exact) mass is 306 g/mol. The molecule has 1 aliphatic rings. The zero-order chi connectivity index (χ0) is 15.7. The summed E-state index contributed by atoms with van der Waals surface area (Å²) in [6.07, 6.45) is 3.89. The van der Waals surface area contributed by atoms with Crippen LogP contribution in [0.4, 0.5) is 0 Å². The topological polar surface area (TPSA) is 35.8 Å². The summed E-state index contributed by atoms with van der Waals surface area (Å²) in [5, 5.41) is 12.2. The Hall–Kier alpha value is -2.31. The van der Waals surface area contributed by atoms with Crippen molar-refractivity contribution in [3.8, 4) is 16.5 Å². The van der Waals surface area contributed by atoms with Gasteiger partial charge < -0.3 is 5.32 Å². The molecule has 3 heteroatoms. The van der Waals surface area contributed by atoms with Crippen molar-refractivity contribution in [2.24, 2.45) is 0 Å². The van der Waals surface area contributed by atoms with Crippen molar-refractivity contribution in [3.63, 3.8) is 0 Å². The van der Waals surface area contributed by atoms with E-state index in [1.54, 1.807) is 11.3 Å². The minimum atomic E-state index is 0.609. The van der Waals surface area contributed by atoms with E-state index in [9.17, 15) is 0 Å². The van der Waals surface area contributed by atoms with Crippen LogP contribution in [-0.2, 0) is 0 Å². The lowest BCUT2D eigenvalue weighted by Gasteiger charge is -2.12. The summed E-state index contributed by atoms with van der Waals surface area (Å²) in [4.78, 5) is 2.49. The summed E-state index contributed by atoms with van der Waals surface area (Å²) < 4.78 is 0. The quantitative estimate of drug-likeness (QED) is 0.870. The number of hydrogen-bond acceptors (Lipinski definition) is 3. The van der Waals surface area contributed by atoms with E-state index in [0.717, 1.165) is 11.3 Å². The molecule has 110 valence electrons. The lowest BCUT2D eigenvalue weighted by Crippen LogP contribution is -2.17. The summed E-state index contributed by atoms with van der Waals surface area (Å²) in [5.41, 5.74) is 7.15. The van der Waals surface area contributed by atoms with Gasteiger partial charge in [0.15, 0.2) is 0 Å². The third-order valence-electron chi connectivity index (χ3n) is 4.04. The Bertz CT molecular complexity index is 832. The first-order valence-electron chi connectivity index (χ1n) is 7.32. The molecule has 1 N–H and O–H groups in total. The van der Waals surface area contributed by atoms with Gasteiger partial charge in [-0.25, -0.2) is 0 Å².